The van der Waals surface area contributed by atoms with Crippen LogP contribution in [0.25, 0.3) is 11.0 Å². The normalized spacial score (nSPS) is 11.1. The summed E-state index contributed by atoms with van der Waals surface area (Å²) < 4.78 is 0. The van der Waals surface area contributed by atoms with E-state index in [1.54, 1.807) is 0 Å². The number of nitrogens with one attached hydrogen (secondary N) is 1. The second-order valence-electron chi connectivity index (χ2n) is 3.64. The Balaban J connectivity index is 2.96. The van der Waals surface area contributed by atoms with Gasteiger partial charge in [-0.1, -0.05) is 0 Å². The van der Waals surface area contributed by atoms with Gasteiger partial charge in [0.15, 0.2) is 0 Å². The Hall–Kier alpha value is -1.31. The van der Waals surface area contributed by atoms with Crippen molar-refractivity contribution in [3.8, 4) is 0 Å². The SMILES string of the molecule is Cc1nc2c(C)c[nH]c2c(C)c1C. The Bertz CT molecular complexity index is 466. The average Bonchev–Trinajstić information content (AvgIpc) is 2.45. The molecule has 0 unspecified atom stereocenters. The second kappa shape index (κ2) is 2.59. The molecule has 2 nitrogen and oxygen atoms in total. The molecule has 0 saturated carbocycles. The van der Waals surface area contributed by atoms with Crippen LogP contribution >= 0.6 is 0 Å². The van der Waals surface area contributed by atoms with Crippen LogP contribution in [0.1, 0.15) is 22.4 Å². The van der Waals surface area contributed by atoms with E-state index in [1.165, 1.54) is 22.2 Å². The molecule has 0 atom stereocenters. The third kappa shape index (κ3) is 1.05. The maximum absolute atomic E-state index is 4.56. The number of nitrogens with zero attached hydrogens (tertiary/aromatic N) is 1. The molecule has 2 aromatic rings. The Morgan fingerprint density at radius 2 is 1.77 bits per heavy atom. The minimum atomic E-state index is 1.11. The van der Waals surface area contributed by atoms with Gasteiger partial charge in [-0.25, -0.2) is 0 Å². The molecule has 0 aliphatic carbocycles. The number of rotatable bonds is 0. The molecule has 0 spiro atoms. The molecule has 0 bridgehead atoms. The Morgan fingerprint density at radius 1 is 1.08 bits per heavy atom. The predicted octanol–water partition coefficient (Wildman–Crippen LogP) is 2.80. The highest BCUT2D eigenvalue weighted by molar-refractivity contribution is 5.82. The van der Waals surface area contributed by atoms with Crippen molar-refractivity contribution in [2.24, 2.45) is 0 Å². The highest BCUT2D eigenvalue weighted by Crippen LogP contribution is 2.22. The molecule has 13 heavy (non-hydrogen) atoms. The molecule has 68 valence electrons. The molecule has 0 amide bonds. The van der Waals surface area contributed by atoms with Gasteiger partial charge in [-0.2, -0.15) is 0 Å². The summed E-state index contributed by atoms with van der Waals surface area (Å²) in [6.45, 7) is 8.41. The van der Waals surface area contributed by atoms with E-state index in [1.807, 2.05) is 6.20 Å². The van der Waals surface area contributed by atoms with Gasteiger partial charge < -0.3 is 4.98 Å². The van der Waals surface area contributed by atoms with Crippen LogP contribution < -0.4 is 0 Å². The zero-order valence-corrected chi connectivity index (χ0v) is 8.52. The molecule has 0 radical (unpaired) electrons. The molecule has 0 fully saturated rings. The van der Waals surface area contributed by atoms with Crippen LogP contribution in [0.3, 0.4) is 0 Å². The van der Waals surface area contributed by atoms with Gasteiger partial charge in [0.05, 0.1) is 11.0 Å². The molecule has 2 rings (SSSR count). The van der Waals surface area contributed by atoms with Crippen LogP contribution in [0.4, 0.5) is 0 Å². The van der Waals surface area contributed by atoms with E-state index >= 15 is 0 Å². The first kappa shape index (κ1) is 8.30. The van der Waals surface area contributed by atoms with Crippen molar-refractivity contribution in [2.75, 3.05) is 0 Å². The molecule has 2 aromatic heterocycles. The minimum Gasteiger partial charge on any atom is -0.359 e. The molecular weight excluding hydrogens is 160 g/mol. The summed E-state index contributed by atoms with van der Waals surface area (Å²) in [5.41, 5.74) is 7.25. The minimum absolute atomic E-state index is 1.11. The summed E-state index contributed by atoms with van der Waals surface area (Å²) in [7, 11) is 0. The standard InChI is InChI=1S/C11H14N2/c1-6-5-12-11-8(3)7(2)9(4)13-10(6)11/h5,12H,1-4H3. The molecule has 1 N–H and O–H groups in total. The van der Waals surface area contributed by atoms with Crippen LogP contribution in [-0.4, -0.2) is 9.97 Å². The smallest absolute Gasteiger partial charge is 0.0914 e. The van der Waals surface area contributed by atoms with Crippen LogP contribution in [-0.2, 0) is 0 Å². The number of hydrogen-bond donors (Lipinski definition) is 1. The highest BCUT2D eigenvalue weighted by atomic mass is 14.8. The fourth-order valence-corrected chi connectivity index (χ4v) is 1.65. The summed E-state index contributed by atoms with van der Waals surface area (Å²) in [6, 6.07) is 0. The maximum atomic E-state index is 4.56. The first-order chi connectivity index (χ1) is 6.11. The van der Waals surface area contributed by atoms with Gasteiger partial charge >= 0.3 is 0 Å². The van der Waals surface area contributed by atoms with E-state index in [0.29, 0.717) is 0 Å². The van der Waals surface area contributed by atoms with Gasteiger partial charge in [0, 0.05) is 11.9 Å². The van der Waals surface area contributed by atoms with Crippen molar-refractivity contribution in [3.63, 3.8) is 0 Å². The number of fused-ring (bicyclic) bond motifs is 1. The van der Waals surface area contributed by atoms with Gasteiger partial charge in [0.25, 0.3) is 0 Å². The third-order valence-corrected chi connectivity index (χ3v) is 2.80. The summed E-state index contributed by atoms with van der Waals surface area (Å²) in [4.78, 5) is 7.83. The van der Waals surface area contributed by atoms with Crippen molar-refractivity contribution in [1.29, 1.82) is 0 Å². The zero-order valence-electron chi connectivity index (χ0n) is 8.52. The third-order valence-electron chi connectivity index (χ3n) is 2.80. The molecule has 2 heteroatoms. The first-order valence-electron chi connectivity index (χ1n) is 4.52. The molecule has 0 saturated heterocycles. The van der Waals surface area contributed by atoms with Gasteiger partial charge in [-0.15, -0.1) is 0 Å². The van der Waals surface area contributed by atoms with E-state index < -0.39 is 0 Å². The summed E-state index contributed by atoms with van der Waals surface area (Å²) in [5, 5.41) is 0. The summed E-state index contributed by atoms with van der Waals surface area (Å²) in [5.74, 6) is 0. The van der Waals surface area contributed by atoms with Gasteiger partial charge in [0.2, 0.25) is 0 Å². The van der Waals surface area contributed by atoms with E-state index in [2.05, 4.69) is 37.7 Å². The van der Waals surface area contributed by atoms with Crippen LogP contribution in [0.5, 0.6) is 0 Å². The van der Waals surface area contributed by atoms with Crippen molar-refractivity contribution >= 4 is 11.0 Å². The maximum Gasteiger partial charge on any atom is 0.0914 e. The topological polar surface area (TPSA) is 28.7 Å². The second-order valence-corrected chi connectivity index (χ2v) is 3.64. The van der Waals surface area contributed by atoms with E-state index in [9.17, 15) is 0 Å². The summed E-state index contributed by atoms with van der Waals surface area (Å²) in [6.07, 6.45) is 2.02. The summed E-state index contributed by atoms with van der Waals surface area (Å²) >= 11 is 0. The molecule has 2 heterocycles. The number of H-pyrrole nitrogens is 1. The van der Waals surface area contributed by atoms with Gasteiger partial charge in [-0.3, -0.25) is 4.98 Å². The molecular formula is C11H14N2. The van der Waals surface area contributed by atoms with E-state index in [4.69, 9.17) is 0 Å². The predicted molar refractivity (Wildman–Crippen MR) is 55.0 cm³/mol. The number of pyridine rings is 1. The van der Waals surface area contributed by atoms with Crippen molar-refractivity contribution in [2.45, 2.75) is 27.7 Å². The lowest BCUT2D eigenvalue weighted by Crippen LogP contribution is -1.92. The molecule has 0 aliphatic rings. The number of aromatic nitrogens is 2. The van der Waals surface area contributed by atoms with E-state index in [0.717, 1.165) is 11.2 Å². The van der Waals surface area contributed by atoms with Gasteiger partial charge in [0.1, 0.15) is 0 Å². The number of aryl methyl sites for hydroxylation is 3. The molecule has 0 aliphatic heterocycles. The lowest BCUT2D eigenvalue weighted by atomic mass is 10.1. The Morgan fingerprint density at radius 3 is 2.46 bits per heavy atom. The first-order valence-corrected chi connectivity index (χ1v) is 4.52. The highest BCUT2D eigenvalue weighted by Gasteiger charge is 2.08. The Kier molecular flexibility index (Phi) is 1.65. The average molecular weight is 174 g/mol. The number of hydrogen-bond acceptors (Lipinski definition) is 1. The molecule has 0 aromatic carbocycles. The van der Waals surface area contributed by atoms with E-state index in [-0.39, 0.29) is 0 Å². The van der Waals surface area contributed by atoms with Crippen molar-refractivity contribution in [3.05, 3.63) is 28.6 Å². The number of aromatic amines is 1. The largest absolute Gasteiger partial charge is 0.359 e. The lowest BCUT2D eigenvalue weighted by Gasteiger charge is -2.05. The lowest BCUT2D eigenvalue weighted by molar-refractivity contribution is 1.16. The van der Waals surface area contributed by atoms with Gasteiger partial charge in [-0.05, 0) is 44.4 Å². The quantitative estimate of drug-likeness (QED) is 0.653. The van der Waals surface area contributed by atoms with Crippen molar-refractivity contribution in [1.82, 2.24) is 9.97 Å². The van der Waals surface area contributed by atoms with Crippen LogP contribution in [0.15, 0.2) is 6.20 Å². The van der Waals surface area contributed by atoms with Crippen molar-refractivity contribution < 1.29 is 0 Å². The zero-order chi connectivity index (χ0) is 9.59. The Labute approximate surface area is 78.0 Å². The fourth-order valence-electron chi connectivity index (χ4n) is 1.65. The van der Waals surface area contributed by atoms with Crippen LogP contribution in [0, 0.1) is 27.7 Å². The van der Waals surface area contributed by atoms with Crippen LogP contribution in [0.2, 0.25) is 0 Å². The monoisotopic (exact) mass is 174 g/mol. The fraction of sp³-hybridized carbons (Fsp3) is 0.364.